The lowest BCUT2D eigenvalue weighted by molar-refractivity contribution is 0.434. The van der Waals surface area contributed by atoms with Gasteiger partial charge in [-0.25, -0.2) is 0 Å². The predicted molar refractivity (Wildman–Crippen MR) is 77.9 cm³/mol. The fourth-order valence-electron chi connectivity index (χ4n) is 2.78. The first-order valence-electron chi connectivity index (χ1n) is 6.57. The van der Waals surface area contributed by atoms with E-state index < -0.39 is 0 Å². The summed E-state index contributed by atoms with van der Waals surface area (Å²) in [6.45, 7) is 7.69. The minimum absolute atomic E-state index is 0.714. The zero-order chi connectivity index (χ0) is 12.3. The molecule has 1 fully saturated rings. The van der Waals surface area contributed by atoms with Gasteiger partial charge in [-0.1, -0.05) is 36.2 Å². The van der Waals surface area contributed by atoms with E-state index in [1.54, 1.807) is 0 Å². The summed E-state index contributed by atoms with van der Waals surface area (Å²) in [5.74, 6) is 3.40. The second-order valence-corrected chi connectivity index (χ2v) is 6.24. The van der Waals surface area contributed by atoms with Gasteiger partial charge in [-0.05, 0) is 44.0 Å². The molecule has 2 unspecified atom stereocenters. The van der Waals surface area contributed by atoms with E-state index in [4.69, 9.17) is 0 Å². The molecule has 2 heteroatoms. The molecule has 1 N–H and O–H groups in total. The van der Waals surface area contributed by atoms with Gasteiger partial charge in [0.05, 0.1) is 0 Å². The van der Waals surface area contributed by atoms with Gasteiger partial charge in [0.2, 0.25) is 0 Å². The van der Waals surface area contributed by atoms with Gasteiger partial charge in [0, 0.05) is 11.8 Å². The fourth-order valence-corrected chi connectivity index (χ4v) is 4.21. The molecular formula is C15H23NS. The Kier molecular flexibility index (Phi) is 4.52. The Bertz CT molecular complexity index is 355. The Balaban J connectivity index is 2.04. The maximum absolute atomic E-state index is 3.62. The SMILES string of the molecule is CCNC1CSCC1Cc1cc(C)cc(C)c1. The van der Waals surface area contributed by atoms with Crippen LogP contribution in [-0.2, 0) is 6.42 Å². The van der Waals surface area contributed by atoms with Crippen LogP contribution in [0.2, 0.25) is 0 Å². The van der Waals surface area contributed by atoms with Gasteiger partial charge >= 0.3 is 0 Å². The molecule has 1 aromatic rings. The highest BCUT2D eigenvalue weighted by atomic mass is 32.2. The smallest absolute Gasteiger partial charge is 0.0197 e. The summed E-state index contributed by atoms with van der Waals surface area (Å²) in [4.78, 5) is 0. The quantitative estimate of drug-likeness (QED) is 0.879. The van der Waals surface area contributed by atoms with Crippen LogP contribution in [0.4, 0.5) is 0 Å². The molecule has 0 radical (unpaired) electrons. The number of nitrogens with one attached hydrogen (secondary N) is 1. The molecule has 0 aliphatic carbocycles. The molecule has 17 heavy (non-hydrogen) atoms. The van der Waals surface area contributed by atoms with Crippen LogP contribution in [0.1, 0.15) is 23.6 Å². The van der Waals surface area contributed by atoms with Gasteiger partial charge in [0.25, 0.3) is 0 Å². The largest absolute Gasteiger partial charge is 0.313 e. The van der Waals surface area contributed by atoms with Crippen molar-refractivity contribution >= 4 is 11.8 Å². The average molecular weight is 249 g/mol. The second kappa shape index (κ2) is 5.92. The minimum Gasteiger partial charge on any atom is -0.313 e. The van der Waals surface area contributed by atoms with Crippen molar-refractivity contribution in [3.63, 3.8) is 0 Å². The highest BCUT2D eigenvalue weighted by Gasteiger charge is 2.26. The van der Waals surface area contributed by atoms with Crippen molar-refractivity contribution in [1.29, 1.82) is 0 Å². The number of hydrogen-bond acceptors (Lipinski definition) is 2. The van der Waals surface area contributed by atoms with Crippen molar-refractivity contribution in [3.8, 4) is 0 Å². The number of benzene rings is 1. The Morgan fingerprint density at radius 2 is 1.88 bits per heavy atom. The molecule has 1 nitrogen and oxygen atoms in total. The Morgan fingerprint density at radius 1 is 1.18 bits per heavy atom. The highest BCUT2D eigenvalue weighted by Crippen LogP contribution is 2.27. The molecule has 1 heterocycles. The number of rotatable bonds is 4. The molecule has 0 bridgehead atoms. The average Bonchev–Trinajstić information content (AvgIpc) is 2.65. The Labute approximate surface area is 109 Å². The van der Waals surface area contributed by atoms with Crippen molar-refractivity contribution < 1.29 is 0 Å². The Hall–Kier alpha value is -0.470. The molecule has 2 rings (SSSR count). The van der Waals surface area contributed by atoms with Crippen LogP contribution in [0.15, 0.2) is 18.2 Å². The van der Waals surface area contributed by atoms with Gasteiger partial charge in [0.15, 0.2) is 0 Å². The summed E-state index contributed by atoms with van der Waals surface area (Å²) in [5, 5.41) is 3.62. The summed E-state index contributed by atoms with van der Waals surface area (Å²) in [6, 6.07) is 7.66. The first kappa shape index (κ1) is 13.0. The first-order valence-corrected chi connectivity index (χ1v) is 7.73. The van der Waals surface area contributed by atoms with Gasteiger partial charge < -0.3 is 5.32 Å². The normalized spacial score (nSPS) is 24.2. The van der Waals surface area contributed by atoms with Crippen LogP contribution in [0.25, 0.3) is 0 Å². The van der Waals surface area contributed by atoms with Crippen molar-refractivity contribution in [2.45, 2.75) is 33.2 Å². The van der Waals surface area contributed by atoms with Crippen molar-refractivity contribution in [1.82, 2.24) is 5.32 Å². The minimum atomic E-state index is 0.714. The molecule has 1 aliphatic heterocycles. The molecule has 0 spiro atoms. The van der Waals surface area contributed by atoms with E-state index in [1.807, 2.05) is 0 Å². The van der Waals surface area contributed by atoms with Gasteiger partial charge in [-0.15, -0.1) is 0 Å². The molecule has 0 aromatic heterocycles. The summed E-state index contributed by atoms with van der Waals surface area (Å²) in [7, 11) is 0. The monoisotopic (exact) mass is 249 g/mol. The van der Waals surface area contributed by atoms with E-state index in [0.717, 1.165) is 12.5 Å². The van der Waals surface area contributed by atoms with Gasteiger partial charge in [-0.3, -0.25) is 0 Å². The Morgan fingerprint density at radius 3 is 2.53 bits per heavy atom. The van der Waals surface area contributed by atoms with Crippen molar-refractivity contribution in [2.24, 2.45) is 5.92 Å². The van der Waals surface area contributed by atoms with E-state index >= 15 is 0 Å². The van der Waals surface area contributed by atoms with Crippen molar-refractivity contribution in [2.75, 3.05) is 18.1 Å². The number of hydrogen-bond donors (Lipinski definition) is 1. The summed E-state index contributed by atoms with van der Waals surface area (Å²) >= 11 is 2.10. The highest BCUT2D eigenvalue weighted by molar-refractivity contribution is 7.99. The maximum Gasteiger partial charge on any atom is 0.0197 e. The van der Waals surface area contributed by atoms with E-state index in [1.165, 1.54) is 34.6 Å². The van der Waals surface area contributed by atoms with E-state index in [-0.39, 0.29) is 0 Å². The van der Waals surface area contributed by atoms with E-state index in [9.17, 15) is 0 Å². The molecular weight excluding hydrogens is 226 g/mol. The van der Waals surface area contributed by atoms with Crippen LogP contribution < -0.4 is 5.32 Å². The zero-order valence-corrected chi connectivity index (χ0v) is 11.9. The van der Waals surface area contributed by atoms with Crippen LogP contribution in [0.3, 0.4) is 0 Å². The molecule has 0 amide bonds. The lowest BCUT2D eigenvalue weighted by Gasteiger charge is -2.19. The zero-order valence-electron chi connectivity index (χ0n) is 11.1. The lowest BCUT2D eigenvalue weighted by atomic mass is 9.93. The van der Waals surface area contributed by atoms with Gasteiger partial charge in [0.1, 0.15) is 0 Å². The standard InChI is InChI=1S/C15H23NS/c1-4-16-15-10-17-9-14(15)8-13-6-11(2)5-12(3)7-13/h5-7,14-16H,4,8-10H2,1-3H3. The van der Waals surface area contributed by atoms with Crippen LogP contribution in [-0.4, -0.2) is 24.1 Å². The molecule has 0 saturated carbocycles. The summed E-state index contributed by atoms with van der Waals surface area (Å²) in [5.41, 5.74) is 4.30. The van der Waals surface area contributed by atoms with Crippen LogP contribution in [0, 0.1) is 19.8 Å². The summed E-state index contributed by atoms with van der Waals surface area (Å²) < 4.78 is 0. The molecule has 2 atom stereocenters. The lowest BCUT2D eigenvalue weighted by Crippen LogP contribution is -2.36. The van der Waals surface area contributed by atoms with Crippen LogP contribution >= 0.6 is 11.8 Å². The predicted octanol–water partition coefficient (Wildman–Crippen LogP) is 3.19. The molecule has 1 aliphatic rings. The van der Waals surface area contributed by atoms with Crippen LogP contribution in [0.5, 0.6) is 0 Å². The first-order chi connectivity index (χ1) is 8.19. The maximum atomic E-state index is 3.62. The van der Waals surface area contributed by atoms with Gasteiger partial charge in [-0.2, -0.15) is 11.8 Å². The third-order valence-corrected chi connectivity index (χ3v) is 4.70. The van der Waals surface area contributed by atoms with E-state index in [0.29, 0.717) is 6.04 Å². The molecule has 1 saturated heterocycles. The fraction of sp³-hybridized carbons (Fsp3) is 0.600. The summed E-state index contributed by atoms with van der Waals surface area (Å²) in [6.07, 6.45) is 1.23. The number of aryl methyl sites for hydroxylation is 2. The number of thioether (sulfide) groups is 1. The van der Waals surface area contributed by atoms with E-state index in [2.05, 4.69) is 56.0 Å². The topological polar surface area (TPSA) is 12.0 Å². The third-order valence-electron chi connectivity index (χ3n) is 3.44. The van der Waals surface area contributed by atoms with Crippen molar-refractivity contribution in [3.05, 3.63) is 34.9 Å². The molecule has 94 valence electrons. The second-order valence-electron chi connectivity index (χ2n) is 5.16. The third kappa shape index (κ3) is 3.49. The molecule has 1 aromatic carbocycles.